The smallest absolute Gasteiger partial charge is 0.329 e. The van der Waals surface area contributed by atoms with Crippen LogP contribution < -0.4 is 10.6 Å². The van der Waals surface area contributed by atoms with Gasteiger partial charge in [-0.1, -0.05) is 60.7 Å². The van der Waals surface area contributed by atoms with Gasteiger partial charge in [-0.3, -0.25) is 9.59 Å². The van der Waals surface area contributed by atoms with Crippen molar-refractivity contribution in [1.29, 1.82) is 0 Å². The van der Waals surface area contributed by atoms with Gasteiger partial charge in [-0.25, -0.2) is 9.59 Å². The molecule has 0 unspecified atom stereocenters. The minimum Gasteiger partial charge on any atom is -0.458 e. The van der Waals surface area contributed by atoms with Crippen molar-refractivity contribution in [2.75, 3.05) is 0 Å². The molecule has 2 aromatic carbocycles. The van der Waals surface area contributed by atoms with Crippen LogP contribution in [-0.4, -0.2) is 47.0 Å². The summed E-state index contributed by atoms with van der Waals surface area (Å²) >= 11 is 0. The van der Waals surface area contributed by atoms with Gasteiger partial charge in [0, 0.05) is 25.0 Å². The van der Waals surface area contributed by atoms with E-state index in [0.717, 1.165) is 23.3 Å². The van der Waals surface area contributed by atoms with Gasteiger partial charge in [0.15, 0.2) is 0 Å². The van der Waals surface area contributed by atoms with E-state index in [2.05, 4.69) is 10.6 Å². The summed E-state index contributed by atoms with van der Waals surface area (Å²) in [6.45, 7) is 10.5. The van der Waals surface area contributed by atoms with Crippen LogP contribution >= 0.6 is 0 Å². The Balaban J connectivity index is 2.09. The van der Waals surface area contributed by atoms with Crippen LogP contribution in [0.5, 0.6) is 0 Å². The van der Waals surface area contributed by atoms with Gasteiger partial charge in [-0.2, -0.15) is 0 Å². The fourth-order valence-electron chi connectivity index (χ4n) is 3.42. The van der Waals surface area contributed by atoms with Gasteiger partial charge < -0.3 is 20.1 Å². The van der Waals surface area contributed by atoms with Gasteiger partial charge in [-0.15, -0.1) is 0 Å². The Morgan fingerprint density at radius 3 is 1.24 bits per heavy atom. The zero-order valence-corrected chi connectivity index (χ0v) is 22.9. The molecule has 8 nitrogen and oxygen atoms in total. The third-order valence-corrected chi connectivity index (χ3v) is 4.97. The van der Waals surface area contributed by atoms with Crippen LogP contribution in [0.3, 0.4) is 0 Å². The first-order valence-corrected chi connectivity index (χ1v) is 12.5. The van der Waals surface area contributed by atoms with E-state index in [-0.39, 0.29) is 12.8 Å². The molecule has 2 amide bonds. The van der Waals surface area contributed by atoms with Gasteiger partial charge >= 0.3 is 11.9 Å². The van der Waals surface area contributed by atoms with Gasteiger partial charge in [0.05, 0.1) is 0 Å². The van der Waals surface area contributed by atoms with Crippen LogP contribution in [0.2, 0.25) is 0 Å². The Morgan fingerprint density at radius 1 is 0.632 bits per heavy atom. The van der Waals surface area contributed by atoms with Crippen LogP contribution in [0.1, 0.15) is 52.7 Å². The summed E-state index contributed by atoms with van der Waals surface area (Å²) in [4.78, 5) is 50.8. The molecule has 8 heteroatoms. The molecule has 2 N–H and O–H groups in total. The first-order valence-electron chi connectivity index (χ1n) is 12.5. The van der Waals surface area contributed by atoms with Crippen molar-refractivity contribution >= 4 is 23.8 Å². The molecule has 204 valence electrons. The van der Waals surface area contributed by atoms with Gasteiger partial charge in [-0.05, 0) is 52.7 Å². The zero-order chi connectivity index (χ0) is 28.3. The van der Waals surface area contributed by atoms with E-state index in [0.29, 0.717) is 0 Å². The quantitative estimate of drug-likeness (QED) is 0.364. The minimum absolute atomic E-state index is 0.222. The highest BCUT2D eigenvalue weighted by Gasteiger charge is 2.28. The van der Waals surface area contributed by atoms with E-state index in [1.54, 1.807) is 41.5 Å². The van der Waals surface area contributed by atoms with E-state index >= 15 is 0 Å². The predicted octanol–water partition coefficient (Wildman–Crippen LogP) is 3.68. The lowest BCUT2D eigenvalue weighted by Crippen LogP contribution is -2.46. The van der Waals surface area contributed by atoms with E-state index in [9.17, 15) is 19.2 Å². The maximum Gasteiger partial charge on any atom is 0.329 e. The van der Waals surface area contributed by atoms with Crippen LogP contribution in [0, 0.1) is 0 Å². The molecule has 0 aliphatic carbocycles. The Labute approximate surface area is 224 Å². The number of rotatable bonds is 10. The Bertz CT molecular complexity index is 1030. The monoisotopic (exact) mass is 522 g/mol. The van der Waals surface area contributed by atoms with Crippen molar-refractivity contribution in [2.45, 2.75) is 77.7 Å². The molecule has 2 rings (SSSR count). The molecule has 0 heterocycles. The van der Waals surface area contributed by atoms with Crippen LogP contribution in [0.25, 0.3) is 0 Å². The fraction of sp³-hybridized carbons (Fsp3) is 0.400. The normalized spacial score (nSPS) is 13.3. The van der Waals surface area contributed by atoms with Crippen molar-refractivity contribution in [3.8, 4) is 0 Å². The van der Waals surface area contributed by atoms with Crippen LogP contribution in [0.4, 0.5) is 0 Å². The molecule has 0 aliphatic heterocycles. The third kappa shape index (κ3) is 11.9. The van der Waals surface area contributed by atoms with E-state index in [1.165, 1.54) is 0 Å². The molecule has 0 fully saturated rings. The number of benzene rings is 2. The lowest BCUT2D eigenvalue weighted by atomic mass is 10.1. The zero-order valence-electron chi connectivity index (χ0n) is 22.9. The standard InChI is InChI=1S/C30H38N2O6/c1-29(2,3)37-27(35)23(19-21-13-9-7-10-14-21)31-25(33)17-18-26(34)32-24(28(36)38-30(4,5)6)20-22-15-11-8-12-16-22/h7-18,23-24H,19-20H2,1-6H3,(H,31,33)(H,32,34)/b18-17-/t23-,24-/m0/s1. The number of carbonyl (C=O) groups is 4. The van der Waals surface area contributed by atoms with E-state index in [4.69, 9.17) is 9.47 Å². The molecule has 0 saturated heterocycles. The summed E-state index contributed by atoms with van der Waals surface area (Å²) in [5, 5.41) is 5.24. The second-order valence-electron chi connectivity index (χ2n) is 10.9. The van der Waals surface area contributed by atoms with E-state index in [1.807, 2.05) is 60.7 Å². The highest BCUT2D eigenvalue weighted by atomic mass is 16.6. The SMILES string of the molecule is CC(C)(C)OC(=O)[C@H](Cc1ccccc1)NC(=O)/C=C\C(=O)N[C@@H](Cc1ccccc1)C(=O)OC(C)(C)C. The number of ether oxygens (including phenoxy) is 2. The minimum atomic E-state index is -0.954. The lowest BCUT2D eigenvalue weighted by Gasteiger charge is -2.24. The van der Waals surface area contributed by atoms with Gasteiger partial charge in [0.25, 0.3) is 0 Å². The molecule has 0 bridgehead atoms. The number of hydrogen-bond acceptors (Lipinski definition) is 6. The fourth-order valence-corrected chi connectivity index (χ4v) is 3.42. The molecule has 0 aliphatic rings. The van der Waals surface area contributed by atoms with Gasteiger partial charge in [0.2, 0.25) is 11.8 Å². The average molecular weight is 523 g/mol. The van der Waals surface area contributed by atoms with Crippen molar-refractivity contribution in [2.24, 2.45) is 0 Å². The predicted molar refractivity (Wildman–Crippen MR) is 145 cm³/mol. The van der Waals surface area contributed by atoms with Gasteiger partial charge in [0.1, 0.15) is 23.3 Å². The maximum absolute atomic E-state index is 12.8. The number of carbonyl (C=O) groups excluding carboxylic acids is 4. The Kier molecular flexibility index (Phi) is 10.8. The molecule has 0 aromatic heterocycles. The number of amides is 2. The number of hydrogen-bond donors (Lipinski definition) is 2. The largest absolute Gasteiger partial charge is 0.458 e. The average Bonchev–Trinajstić information content (AvgIpc) is 2.81. The summed E-state index contributed by atoms with van der Waals surface area (Å²) in [5.74, 6) is -2.46. The molecular formula is C30H38N2O6. The second kappa shape index (κ2) is 13.6. The van der Waals surface area contributed by atoms with Crippen LogP contribution in [0.15, 0.2) is 72.8 Å². The summed E-state index contributed by atoms with van der Waals surface area (Å²) in [6, 6.07) is 16.5. The molecule has 2 atom stereocenters. The van der Waals surface area contributed by atoms with Crippen molar-refractivity contribution in [3.63, 3.8) is 0 Å². The molecular weight excluding hydrogens is 484 g/mol. The van der Waals surface area contributed by atoms with Crippen molar-refractivity contribution in [1.82, 2.24) is 10.6 Å². The molecule has 0 spiro atoms. The van der Waals surface area contributed by atoms with Crippen LogP contribution in [-0.2, 0) is 41.5 Å². The summed E-state index contributed by atoms with van der Waals surface area (Å²) in [7, 11) is 0. The topological polar surface area (TPSA) is 111 Å². The Morgan fingerprint density at radius 2 is 0.947 bits per heavy atom. The number of esters is 2. The Hall–Kier alpha value is -3.94. The first-order chi connectivity index (χ1) is 17.7. The second-order valence-corrected chi connectivity index (χ2v) is 10.9. The van der Waals surface area contributed by atoms with Crippen molar-refractivity contribution in [3.05, 3.63) is 83.9 Å². The summed E-state index contributed by atoms with van der Waals surface area (Å²) in [6.07, 6.45) is 2.48. The highest BCUT2D eigenvalue weighted by molar-refractivity contribution is 5.99. The highest BCUT2D eigenvalue weighted by Crippen LogP contribution is 2.13. The van der Waals surface area contributed by atoms with E-state index < -0.39 is 47.0 Å². The lowest BCUT2D eigenvalue weighted by molar-refractivity contribution is -0.159. The third-order valence-electron chi connectivity index (χ3n) is 4.97. The number of nitrogens with one attached hydrogen (secondary N) is 2. The first kappa shape index (κ1) is 30.3. The van der Waals surface area contributed by atoms with Crippen molar-refractivity contribution < 1.29 is 28.7 Å². The molecule has 38 heavy (non-hydrogen) atoms. The summed E-state index contributed by atoms with van der Waals surface area (Å²) in [5.41, 5.74) is 0.210. The molecule has 0 radical (unpaired) electrons. The summed E-state index contributed by atoms with van der Waals surface area (Å²) < 4.78 is 10.9. The maximum atomic E-state index is 12.8. The molecule has 2 aromatic rings. The molecule has 0 saturated carbocycles.